The van der Waals surface area contributed by atoms with Crippen LogP contribution in [0.5, 0.6) is 0 Å². The van der Waals surface area contributed by atoms with Gasteiger partial charge in [-0.2, -0.15) is 0 Å². The average Bonchev–Trinajstić information content (AvgIpc) is 2.86. The van der Waals surface area contributed by atoms with Crippen LogP contribution in [0.25, 0.3) is 11.1 Å². The predicted octanol–water partition coefficient (Wildman–Crippen LogP) is 4.64. The Hall–Kier alpha value is -2.24. The molecule has 0 bridgehead atoms. The van der Waals surface area contributed by atoms with Gasteiger partial charge < -0.3 is 4.90 Å². The first kappa shape index (κ1) is 22.5. The number of hydrogen-bond acceptors (Lipinski definition) is 3. The zero-order chi connectivity index (χ0) is 22.8. The third-order valence-corrected chi connectivity index (χ3v) is 7.85. The Morgan fingerprint density at radius 3 is 2.52 bits per heavy atom. The minimum Gasteiger partial charge on any atom is -0.339 e. The van der Waals surface area contributed by atoms with Gasteiger partial charge in [0.15, 0.2) is 0 Å². The molecule has 1 amide bonds. The number of benzene rings is 2. The van der Waals surface area contributed by atoms with E-state index < -0.39 is 0 Å². The monoisotopic (exact) mass is 449 g/mol. The quantitative estimate of drug-likeness (QED) is 0.681. The van der Waals surface area contributed by atoms with Crippen LogP contribution in [0, 0.1) is 12.7 Å². The Kier molecular flexibility index (Phi) is 6.79. The molecule has 2 aromatic rings. The van der Waals surface area contributed by atoms with Crippen LogP contribution in [0.15, 0.2) is 36.4 Å². The average molecular weight is 450 g/mol. The molecule has 0 spiro atoms. The maximum absolute atomic E-state index is 14.3. The van der Waals surface area contributed by atoms with Crippen LogP contribution in [0.4, 0.5) is 4.39 Å². The van der Waals surface area contributed by atoms with Crippen molar-refractivity contribution in [2.45, 2.75) is 58.0 Å². The van der Waals surface area contributed by atoms with Gasteiger partial charge in [-0.25, -0.2) is 4.39 Å². The van der Waals surface area contributed by atoms with Crippen LogP contribution in [-0.2, 0) is 17.8 Å². The van der Waals surface area contributed by atoms with Gasteiger partial charge in [-0.05, 0) is 55.0 Å². The molecular formula is C28H36FN3O. The van der Waals surface area contributed by atoms with Crippen LogP contribution < -0.4 is 0 Å². The molecule has 4 nitrogen and oxygen atoms in total. The Balaban J connectivity index is 1.16. The number of aryl methyl sites for hydroxylation is 1. The van der Waals surface area contributed by atoms with Crippen LogP contribution >= 0.6 is 0 Å². The number of piperazine rings is 1. The summed E-state index contributed by atoms with van der Waals surface area (Å²) in [5, 5.41) is 0. The molecule has 0 N–H and O–H groups in total. The van der Waals surface area contributed by atoms with Crippen LogP contribution in [0.2, 0.25) is 0 Å². The maximum Gasteiger partial charge on any atom is 0.236 e. The number of carbonyl (C=O) groups excluding carboxylic acids is 1. The minimum atomic E-state index is -0.174. The van der Waals surface area contributed by atoms with Crippen molar-refractivity contribution < 1.29 is 9.18 Å². The smallest absolute Gasteiger partial charge is 0.236 e. The van der Waals surface area contributed by atoms with Gasteiger partial charge >= 0.3 is 0 Å². The van der Waals surface area contributed by atoms with E-state index in [0.29, 0.717) is 12.1 Å². The maximum atomic E-state index is 14.3. The van der Waals surface area contributed by atoms with E-state index in [1.165, 1.54) is 43.2 Å². The highest BCUT2D eigenvalue weighted by Gasteiger charge is 2.28. The highest BCUT2D eigenvalue weighted by Crippen LogP contribution is 2.29. The van der Waals surface area contributed by atoms with E-state index >= 15 is 0 Å². The van der Waals surface area contributed by atoms with Crippen LogP contribution in [0.1, 0.15) is 48.8 Å². The SMILES string of the molecule is Cc1ccc(F)c(-c2ccc3c(c2)CCN(CC(=O)N2CCN(C4CCCCC4)CC2)C3)c1. The van der Waals surface area contributed by atoms with Crippen molar-refractivity contribution in [3.05, 3.63) is 58.9 Å². The highest BCUT2D eigenvalue weighted by molar-refractivity contribution is 5.78. The summed E-state index contributed by atoms with van der Waals surface area (Å²) in [6.45, 7) is 7.94. The summed E-state index contributed by atoms with van der Waals surface area (Å²) >= 11 is 0. The Bertz CT molecular complexity index is 993. The van der Waals surface area contributed by atoms with Gasteiger partial charge in [-0.1, -0.05) is 49.1 Å². The van der Waals surface area contributed by atoms with Gasteiger partial charge in [-0.15, -0.1) is 0 Å². The van der Waals surface area contributed by atoms with E-state index in [-0.39, 0.29) is 11.7 Å². The molecule has 2 aliphatic heterocycles. The molecule has 1 saturated carbocycles. The van der Waals surface area contributed by atoms with E-state index in [1.807, 2.05) is 25.1 Å². The lowest BCUT2D eigenvalue weighted by molar-refractivity contribution is -0.134. The minimum absolute atomic E-state index is 0.174. The summed E-state index contributed by atoms with van der Waals surface area (Å²) in [6.07, 6.45) is 7.68. The topological polar surface area (TPSA) is 26.8 Å². The molecule has 1 aliphatic carbocycles. The van der Waals surface area contributed by atoms with E-state index in [9.17, 15) is 9.18 Å². The fourth-order valence-electron chi connectivity index (χ4n) is 5.85. The molecule has 3 aliphatic rings. The highest BCUT2D eigenvalue weighted by atomic mass is 19.1. The lowest BCUT2D eigenvalue weighted by Gasteiger charge is -2.41. The van der Waals surface area contributed by atoms with Crippen molar-refractivity contribution >= 4 is 5.91 Å². The normalized spacial score (nSPS) is 20.6. The van der Waals surface area contributed by atoms with Crippen LogP contribution in [-0.4, -0.2) is 65.9 Å². The number of halogens is 1. The summed E-state index contributed by atoms with van der Waals surface area (Å²) in [5.41, 5.74) is 5.21. The third kappa shape index (κ3) is 5.15. The van der Waals surface area contributed by atoms with E-state index in [2.05, 4.69) is 26.8 Å². The number of nitrogens with zero attached hydrogens (tertiary/aromatic N) is 3. The summed E-state index contributed by atoms with van der Waals surface area (Å²) in [7, 11) is 0. The van der Waals surface area contributed by atoms with Crippen LogP contribution in [0.3, 0.4) is 0 Å². The van der Waals surface area contributed by atoms with Crippen molar-refractivity contribution in [3.8, 4) is 11.1 Å². The molecule has 1 saturated heterocycles. The zero-order valence-electron chi connectivity index (χ0n) is 19.9. The molecule has 5 rings (SSSR count). The third-order valence-electron chi connectivity index (χ3n) is 7.85. The van der Waals surface area contributed by atoms with Gasteiger partial charge in [0.1, 0.15) is 5.82 Å². The summed E-state index contributed by atoms with van der Waals surface area (Å²) < 4.78 is 14.3. The number of carbonyl (C=O) groups is 1. The first-order valence-electron chi connectivity index (χ1n) is 12.7. The zero-order valence-corrected chi connectivity index (χ0v) is 19.9. The molecule has 0 aromatic heterocycles. The van der Waals surface area contributed by atoms with Gasteiger partial charge in [0, 0.05) is 50.9 Å². The first-order chi connectivity index (χ1) is 16.1. The molecule has 176 valence electrons. The number of fused-ring (bicyclic) bond motifs is 1. The fraction of sp³-hybridized carbons (Fsp3) is 0.536. The Morgan fingerprint density at radius 2 is 1.73 bits per heavy atom. The fourth-order valence-corrected chi connectivity index (χ4v) is 5.85. The molecule has 0 unspecified atom stereocenters. The van der Waals surface area contributed by atoms with Gasteiger partial charge in [0.25, 0.3) is 0 Å². The molecule has 2 fully saturated rings. The van der Waals surface area contributed by atoms with Crippen molar-refractivity contribution in [3.63, 3.8) is 0 Å². The Morgan fingerprint density at radius 1 is 0.939 bits per heavy atom. The van der Waals surface area contributed by atoms with Crippen molar-refractivity contribution in [1.29, 1.82) is 0 Å². The number of amides is 1. The summed E-state index contributed by atoms with van der Waals surface area (Å²) in [5.74, 6) is 0.0902. The van der Waals surface area contributed by atoms with Crippen molar-refractivity contribution in [2.24, 2.45) is 0 Å². The van der Waals surface area contributed by atoms with Gasteiger partial charge in [0.2, 0.25) is 5.91 Å². The second-order valence-corrected chi connectivity index (χ2v) is 10.1. The van der Waals surface area contributed by atoms with Crippen molar-refractivity contribution in [2.75, 3.05) is 39.3 Å². The second-order valence-electron chi connectivity index (χ2n) is 10.1. The standard InChI is InChI=1S/C28H36FN3O/c1-21-7-10-27(29)26(17-21)23-8-9-24-19-30(12-11-22(24)18-23)20-28(33)32-15-13-31(14-16-32)25-5-3-2-4-6-25/h7-10,17-18,25H,2-6,11-16,19-20H2,1H3. The predicted molar refractivity (Wildman–Crippen MR) is 131 cm³/mol. The lowest BCUT2D eigenvalue weighted by Crippen LogP contribution is -2.54. The van der Waals surface area contributed by atoms with Crippen molar-refractivity contribution in [1.82, 2.24) is 14.7 Å². The van der Waals surface area contributed by atoms with Gasteiger partial charge in [-0.3, -0.25) is 14.6 Å². The van der Waals surface area contributed by atoms with Gasteiger partial charge in [0.05, 0.1) is 6.54 Å². The number of hydrogen-bond donors (Lipinski definition) is 0. The van der Waals surface area contributed by atoms with E-state index in [4.69, 9.17) is 0 Å². The second kappa shape index (κ2) is 9.94. The van der Waals surface area contributed by atoms with E-state index in [0.717, 1.165) is 62.9 Å². The molecule has 33 heavy (non-hydrogen) atoms. The molecule has 5 heteroatoms. The van der Waals surface area contributed by atoms with E-state index in [1.54, 1.807) is 6.07 Å². The summed E-state index contributed by atoms with van der Waals surface area (Å²) in [4.78, 5) is 20.0. The lowest BCUT2D eigenvalue weighted by atomic mass is 9.93. The number of rotatable bonds is 4. The molecule has 2 heterocycles. The Labute approximate surface area is 197 Å². The molecule has 0 radical (unpaired) electrons. The molecular weight excluding hydrogens is 413 g/mol. The molecule has 2 aromatic carbocycles. The largest absolute Gasteiger partial charge is 0.339 e. The summed E-state index contributed by atoms with van der Waals surface area (Å²) in [6, 6.07) is 12.3. The molecule has 0 atom stereocenters. The first-order valence-corrected chi connectivity index (χ1v) is 12.7.